The van der Waals surface area contributed by atoms with Gasteiger partial charge in [0.2, 0.25) is 0 Å². The maximum atomic E-state index is 5.96. The molecule has 2 aliphatic heterocycles. The highest BCUT2D eigenvalue weighted by Crippen LogP contribution is 2.29. The van der Waals surface area contributed by atoms with Crippen molar-refractivity contribution in [2.45, 2.75) is 38.4 Å². The molecule has 3 heterocycles. The molecule has 116 valence electrons. The average molecular weight is 291 g/mol. The molecule has 3 aliphatic rings. The zero-order valence-corrected chi connectivity index (χ0v) is 12.6. The molecule has 0 bridgehead atoms. The van der Waals surface area contributed by atoms with Crippen molar-refractivity contribution >= 4 is 0 Å². The lowest BCUT2D eigenvalue weighted by atomic mass is 10.1. The molecule has 2 fully saturated rings. The lowest BCUT2D eigenvalue weighted by Crippen LogP contribution is -2.39. The number of ether oxygens (including phenoxy) is 2. The minimum absolute atomic E-state index is 0.555. The van der Waals surface area contributed by atoms with Crippen molar-refractivity contribution in [2.24, 2.45) is 11.8 Å². The summed E-state index contributed by atoms with van der Waals surface area (Å²) < 4.78 is 13.8. The summed E-state index contributed by atoms with van der Waals surface area (Å²) in [5.74, 6) is 2.59. The summed E-state index contributed by atoms with van der Waals surface area (Å²) in [5.41, 5.74) is 0. The summed E-state index contributed by atoms with van der Waals surface area (Å²) in [5, 5.41) is 0. The molecule has 1 saturated heterocycles. The van der Waals surface area contributed by atoms with Crippen molar-refractivity contribution in [1.29, 1.82) is 0 Å². The van der Waals surface area contributed by atoms with E-state index in [-0.39, 0.29) is 0 Å². The fourth-order valence-electron chi connectivity index (χ4n) is 3.45. The second-order valence-electron chi connectivity index (χ2n) is 6.79. The van der Waals surface area contributed by atoms with Gasteiger partial charge in [0.05, 0.1) is 19.8 Å². The summed E-state index contributed by atoms with van der Waals surface area (Å²) in [6, 6.07) is 0.555. The van der Waals surface area contributed by atoms with Crippen molar-refractivity contribution in [2.75, 3.05) is 33.0 Å². The van der Waals surface area contributed by atoms with Gasteiger partial charge in [0.1, 0.15) is 5.82 Å². The number of hydrogen-bond donors (Lipinski definition) is 0. The number of rotatable bonds is 5. The Morgan fingerprint density at radius 1 is 1.19 bits per heavy atom. The van der Waals surface area contributed by atoms with Gasteiger partial charge in [0.25, 0.3) is 0 Å². The largest absolute Gasteiger partial charge is 0.381 e. The van der Waals surface area contributed by atoms with Crippen LogP contribution in [0.2, 0.25) is 0 Å². The first-order chi connectivity index (χ1) is 10.4. The van der Waals surface area contributed by atoms with Gasteiger partial charge in [-0.15, -0.1) is 0 Å². The predicted octanol–water partition coefficient (Wildman–Crippen LogP) is 1.53. The molecule has 0 aromatic carbocycles. The van der Waals surface area contributed by atoms with E-state index < -0.39 is 0 Å². The second-order valence-corrected chi connectivity index (χ2v) is 6.79. The van der Waals surface area contributed by atoms with Crippen molar-refractivity contribution in [3.63, 3.8) is 0 Å². The Morgan fingerprint density at radius 3 is 2.90 bits per heavy atom. The van der Waals surface area contributed by atoms with E-state index in [9.17, 15) is 0 Å². The van der Waals surface area contributed by atoms with E-state index in [1.807, 2.05) is 6.20 Å². The highest BCUT2D eigenvalue weighted by Gasteiger charge is 2.30. The van der Waals surface area contributed by atoms with Crippen LogP contribution in [0.4, 0.5) is 0 Å². The minimum Gasteiger partial charge on any atom is -0.381 e. The van der Waals surface area contributed by atoms with Crippen molar-refractivity contribution in [1.82, 2.24) is 14.5 Å². The molecular weight excluding hydrogens is 266 g/mol. The molecule has 1 aromatic rings. The molecule has 0 radical (unpaired) electrons. The van der Waals surface area contributed by atoms with Crippen LogP contribution in [0.1, 0.15) is 25.1 Å². The smallest absolute Gasteiger partial charge is 0.122 e. The molecule has 4 rings (SSSR count). The third-order valence-electron chi connectivity index (χ3n) is 4.92. The second kappa shape index (κ2) is 6.07. The Labute approximate surface area is 126 Å². The van der Waals surface area contributed by atoms with Gasteiger partial charge in [0, 0.05) is 50.7 Å². The van der Waals surface area contributed by atoms with Gasteiger partial charge < -0.3 is 14.0 Å². The Kier molecular flexibility index (Phi) is 3.97. The van der Waals surface area contributed by atoms with E-state index in [0.29, 0.717) is 12.0 Å². The molecular formula is C16H25N3O2. The van der Waals surface area contributed by atoms with E-state index in [0.717, 1.165) is 58.4 Å². The van der Waals surface area contributed by atoms with Gasteiger partial charge >= 0.3 is 0 Å². The van der Waals surface area contributed by atoms with Crippen molar-refractivity contribution in [3.05, 3.63) is 18.2 Å². The molecule has 0 spiro atoms. The van der Waals surface area contributed by atoms with Crippen LogP contribution in [0.15, 0.2) is 12.4 Å². The molecule has 1 aromatic heterocycles. The topological polar surface area (TPSA) is 39.5 Å². The predicted molar refractivity (Wildman–Crippen MR) is 78.9 cm³/mol. The van der Waals surface area contributed by atoms with Crippen LogP contribution in [0, 0.1) is 11.8 Å². The van der Waals surface area contributed by atoms with Crippen LogP contribution in [-0.2, 0) is 22.6 Å². The van der Waals surface area contributed by atoms with Gasteiger partial charge in [-0.1, -0.05) is 0 Å². The van der Waals surface area contributed by atoms with Crippen LogP contribution in [-0.4, -0.2) is 53.5 Å². The summed E-state index contributed by atoms with van der Waals surface area (Å²) in [6.07, 6.45) is 7.91. The van der Waals surface area contributed by atoms with Gasteiger partial charge in [-0.3, -0.25) is 4.90 Å². The number of nitrogens with zero attached hydrogens (tertiary/aromatic N) is 3. The van der Waals surface area contributed by atoms with E-state index in [1.165, 1.54) is 18.7 Å². The molecule has 0 N–H and O–H groups in total. The Morgan fingerprint density at radius 2 is 2.10 bits per heavy atom. The number of aromatic nitrogens is 2. The van der Waals surface area contributed by atoms with Gasteiger partial charge in [-0.05, 0) is 25.2 Å². The maximum absolute atomic E-state index is 5.96. The molecule has 1 aliphatic carbocycles. The molecule has 1 saturated carbocycles. The highest BCUT2D eigenvalue weighted by atomic mass is 16.5. The number of hydrogen-bond acceptors (Lipinski definition) is 4. The first-order valence-electron chi connectivity index (χ1n) is 8.28. The lowest BCUT2D eigenvalue weighted by Gasteiger charge is -2.28. The Hall–Kier alpha value is -0.910. The molecule has 2 atom stereocenters. The maximum Gasteiger partial charge on any atom is 0.122 e. The summed E-state index contributed by atoms with van der Waals surface area (Å²) in [7, 11) is 0. The Bertz CT molecular complexity index is 466. The number of imidazole rings is 1. The first kappa shape index (κ1) is 13.7. The van der Waals surface area contributed by atoms with Crippen LogP contribution >= 0.6 is 0 Å². The zero-order valence-electron chi connectivity index (χ0n) is 12.6. The van der Waals surface area contributed by atoms with E-state index in [4.69, 9.17) is 9.47 Å². The summed E-state index contributed by atoms with van der Waals surface area (Å²) >= 11 is 0. The molecule has 0 amide bonds. The standard InChI is InChI=1S/C16H25N3O2/c1-2-13(1)10-21-11-14-7-18-5-4-17-16(18)9-19(8-14)15-3-6-20-12-15/h4-5,13-15H,1-3,6-12H2/t14-,15-/m1/s1. The minimum atomic E-state index is 0.555. The molecule has 5 nitrogen and oxygen atoms in total. The van der Waals surface area contributed by atoms with E-state index in [1.54, 1.807) is 0 Å². The molecule has 5 heteroatoms. The quantitative estimate of drug-likeness (QED) is 0.825. The SMILES string of the molecule is c1cn2c(n1)CN([C@@H]1CCOC1)C[C@H](COCC1CC1)C2. The van der Waals surface area contributed by atoms with Crippen LogP contribution < -0.4 is 0 Å². The van der Waals surface area contributed by atoms with Crippen LogP contribution in [0.25, 0.3) is 0 Å². The number of fused-ring (bicyclic) bond motifs is 1. The van der Waals surface area contributed by atoms with E-state index >= 15 is 0 Å². The summed E-state index contributed by atoms with van der Waals surface area (Å²) in [6.45, 7) is 6.68. The van der Waals surface area contributed by atoms with E-state index in [2.05, 4.69) is 20.6 Å². The van der Waals surface area contributed by atoms with Gasteiger partial charge in [-0.25, -0.2) is 4.98 Å². The normalized spacial score (nSPS) is 30.3. The molecule has 21 heavy (non-hydrogen) atoms. The highest BCUT2D eigenvalue weighted by molar-refractivity contribution is 4.97. The van der Waals surface area contributed by atoms with Crippen LogP contribution in [0.5, 0.6) is 0 Å². The van der Waals surface area contributed by atoms with Gasteiger partial charge in [0.15, 0.2) is 0 Å². The Balaban J connectivity index is 1.42. The fourth-order valence-corrected chi connectivity index (χ4v) is 3.45. The fraction of sp³-hybridized carbons (Fsp3) is 0.812. The third-order valence-corrected chi connectivity index (χ3v) is 4.92. The molecule has 0 unspecified atom stereocenters. The monoisotopic (exact) mass is 291 g/mol. The van der Waals surface area contributed by atoms with Crippen molar-refractivity contribution in [3.8, 4) is 0 Å². The summed E-state index contributed by atoms with van der Waals surface area (Å²) in [4.78, 5) is 7.09. The lowest BCUT2D eigenvalue weighted by molar-refractivity contribution is 0.0599. The zero-order chi connectivity index (χ0) is 14.1. The third kappa shape index (κ3) is 3.30. The van der Waals surface area contributed by atoms with Crippen molar-refractivity contribution < 1.29 is 9.47 Å². The first-order valence-corrected chi connectivity index (χ1v) is 8.28. The van der Waals surface area contributed by atoms with Gasteiger partial charge in [-0.2, -0.15) is 0 Å². The average Bonchev–Trinajstić information content (AvgIpc) is 3.01. The van der Waals surface area contributed by atoms with Crippen LogP contribution in [0.3, 0.4) is 0 Å².